The lowest BCUT2D eigenvalue weighted by Gasteiger charge is -2.40. The normalized spacial score (nSPS) is 20.8. The van der Waals surface area contributed by atoms with E-state index in [9.17, 15) is 9.59 Å². The van der Waals surface area contributed by atoms with Crippen molar-refractivity contribution in [2.75, 3.05) is 38.6 Å². The average molecular weight is 497 g/mol. The molecule has 0 aliphatic carbocycles. The van der Waals surface area contributed by atoms with Crippen molar-refractivity contribution >= 4 is 17.6 Å². The van der Waals surface area contributed by atoms with E-state index >= 15 is 0 Å². The summed E-state index contributed by atoms with van der Waals surface area (Å²) in [6.45, 7) is 6.76. The number of anilines is 1. The van der Waals surface area contributed by atoms with Gasteiger partial charge in [0.2, 0.25) is 0 Å². The molecule has 192 valence electrons. The molecule has 0 bridgehead atoms. The summed E-state index contributed by atoms with van der Waals surface area (Å²) in [5.74, 6) is -1.20. The minimum absolute atomic E-state index is 0.132. The SMILES string of the molecule is COc1cc(NC(=C2C(=O)OC(C)(C)OC2=O)N2CCC(N3CCCC3)CC2)ccc1-c1cnco1. The Morgan fingerprint density at radius 2 is 1.78 bits per heavy atom. The van der Waals surface area contributed by atoms with E-state index in [4.69, 9.17) is 18.6 Å². The lowest BCUT2D eigenvalue weighted by molar-refractivity contribution is -0.222. The third kappa shape index (κ3) is 4.90. The van der Waals surface area contributed by atoms with Gasteiger partial charge in [0.15, 0.2) is 17.7 Å². The first-order chi connectivity index (χ1) is 17.3. The smallest absolute Gasteiger partial charge is 0.352 e. The molecule has 1 aromatic heterocycles. The number of piperidine rings is 1. The van der Waals surface area contributed by atoms with Crippen LogP contribution in [0.3, 0.4) is 0 Å². The quantitative estimate of drug-likeness (QED) is 0.363. The van der Waals surface area contributed by atoms with Crippen molar-refractivity contribution in [1.82, 2.24) is 14.8 Å². The second kappa shape index (κ2) is 9.85. The van der Waals surface area contributed by atoms with Crippen LogP contribution in [0.15, 0.2) is 46.6 Å². The zero-order valence-corrected chi connectivity index (χ0v) is 20.9. The Morgan fingerprint density at radius 1 is 1.08 bits per heavy atom. The van der Waals surface area contributed by atoms with Crippen molar-refractivity contribution < 1.29 is 28.2 Å². The molecule has 0 spiro atoms. The molecule has 3 aliphatic heterocycles. The number of rotatable bonds is 6. The van der Waals surface area contributed by atoms with Gasteiger partial charge in [0.1, 0.15) is 11.6 Å². The van der Waals surface area contributed by atoms with Gasteiger partial charge in [-0.3, -0.25) is 0 Å². The van der Waals surface area contributed by atoms with Gasteiger partial charge in [-0.05, 0) is 50.9 Å². The van der Waals surface area contributed by atoms with Crippen LogP contribution in [-0.4, -0.2) is 71.8 Å². The first-order valence-corrected chi connectivity index (χ1v) is 12.4. The van der Waals surface area contributed by atoms with E-state index in [0.717, 1.165) is 31.5 Å². The molecule has 3 fully saturated rings. The van der Waals surface area contributed by atoms with Gasteiger partial charge >= 0.3 is 11.9 Å². The first-order valence-electron chi connectivity index (χ1n) is 12.4. The molecule has 10 heteroatoms. The van der Waals surface area contributed by atoms with Gasteiger partial charge in [0, 0.05) is 44.7 Å². The summed E-state index contributed by atoms with van der Waals surface area (Å²) >= 11 is 0. The van der Waals surface area contributed by atoms with Crippen molar-refractivity contribution in [3.8, 4) is 17.1 Å². The molecule has 3 aliphatic rings. The molecule has 3 saturated heterocycles. The third-order valence-corrected chi connectivity index (χ3v) is 6.92. The second-order valence-corrected chi connectivity index (χ2v) is 9.77. The molecule has 4 heterocycles. The molecule has 0 unspecified atom stereocenters. The van der Waals surface area contributed by atoms with Gasteiger partial charge in [-0.2, -0.15) is 0 Å². The molecule has 1 aromatic carbocycles. The molecule has 0 saturated carbocycles. The maximum atomic E-state index is 13.0. The molecular formula is C26H32N4O6. The summed E-state index contributed by atoms with van der Waals surface area (Å²) in [4.78, 5) is 34.6. The number of aromatic nitrogens is 1. The zero-order valence-electron chi connectivity index (χ0n) is 20.9. The summed E-state index contributed by atoms with van der Waals surface area (Å²) in [6, 6.07) is 5.98. The lowest BCUT2D eigenvalue weighted by atomic mass is 10.0. The van der Waals surface area contributed by atoms with Gasteiger partial charge in [-0.25, -0.2) is 14.6 Å². The highest BCUT2D eigenvalue weighted by atomic mass is 16.7. The molecule has 5 rings (SSSR count). The number of hydrogen-bond acceptors (Lipinski definition) is 10. The topological polar surface area (TPSA) is 106 Å². The number of carbonyl (C=O) groups excluding carboxylic acids is 2. The standard InChI is InChI=1S/C26H32N4O6/c1-26(2)35-24(31)22(25(32)36-26)23(30-12-8-18(9-13-30)29-10-4-5-11-29)28-17-6-7-19(20(14-17)33-3)21-15-27-16-34-21/h6-7,14-16,18,28H,4-5,8-13H2,1-3H3. The number of likely N-dealkylation sites (tertiary alicyclic amines) is 2. The van der Waals surface area contributed by atoms with Gasteiger partial charge in [-0.1, -0.05) is 0 Å². The number of benzene rings is 1. The number of hydrogen-bond donors (Lipinski definition) is 1. The molecule has 0 amide bonds. The van der Waals surface area contributed by atoms with E-state index in [1.54, 1.807) is 33.2 Å². The van der Waals surface area contributed by atoms with Crippen molar-refractivity contribution in [2.24, 2.45) is 0 Å². The third-order valence-electron chi connectivity index (χ3n) is 6.92. The van der Waals surface area contributed by atoms with Crippen LogP contribution in [0.4, 0.5) is 5.69 Å². The monoisotopic (exact) mass is 496 g/mol. The van der Waals surface area contributed by atoms with Crippen LogP contribution in [-0.2, 0) is 19.1 Å². The van der Waals surface area contributed by atoms with Crippen LogP contribution in [0.1, 0.15) is 39.5 Å². The van der Waals surface area contributed by atoms with Crippen molar-refractivity contribution in [2.45, 2.75) is 51.4 Å². The Bertz CT molecular complexity index is 1120. The van der Waals surface area contributed by atoms with Crippen LogP contribution >= 0.6 is 0 Å². The fourth-order valence-electron chi connectivity index (χ4n) is 5.17. The summed E-state index contributed by atoms with van der Waals surface area (Å²) in [7, 11) is 1.57. The second-order valence-electron chi connectivity index (χ2n) is 9.77. The van der Waals surface area contributed by atoms with E-state index < -0.39 is 17.7 Å². The Hall–Kier alpha value is -3.53. The first kappa shape index (κ1) is 24.2. The number of carbonyl (C=O) groups is 2. The number of ether oxygens (including phenoxy) is 3. The molecule has 0 atom stereocenters. The molecule has 0 radical (unpaired) electrons. The molecule has 10 nitrogen and oxygen atoms in total. The zero-order chi connectivity index (χ0) is 25.3. The van der Waals surface area contributed by atoms with E-state index in [-0.39, 0.29) is 5.57 Å². The van der Waals surface area contributed by atoms with Gasteiger partial charge in [0.05, 0.1) is 18.9 Å². The summed E-state index contributed by atoms with van der Waals surface area (Å²) in [6.07, 6.45) is 7.35. The van der Waals surface area contributed by atoms with E-state index in [1.165, 1.54) is 19.2 Å². The summed E-state index contributed by atoms with van der Waals surface area (Å²) in [5, 5.41) is 3.30. The molecular weight excluding hydrogens is 464 g/mol. The highest BCUT2D eigenvalue weighted by Gasteiger charge is 2.42. The fraction of sp³-hybridized carbons (Fsp3) is 0.500. The Balaban J connectivity index is 1.45. The van der Waals surface area contributed by atoms with Gasteiger partial charge < -0.3 is 33.7 Å². The minimum atomic E-state index is -1.31. The largest absolute Gasteiger partial charge is 0.496 e. The maximum Gasteiger partial charge on any atom is 0.352 e. The Morgan fingerprint density at radius 3 is 2.39 bits per heavy atom. The lowest BCUT2D eigenvalue weighted by Crippen LogP contribution is -2.47. The van der Waals surface area contributed by atoms with Crippen LogP contribution in [0.5, 0.6) is 5.75 Å². The number of esters is 2. The van der Waals surface area contributed by atoms with Crippen LogP contribution in [0.2, 0.25) is 0 Å². The van der Waals surface area contributed by atoms with E-state index in [2.05, 4.69) is 15.2 Å². The molecule has 2 aromatic rings. The number of oxazole rings is 1. The van der Waals surface area contributed by atoms with Gasteiger partial charge in [0.25, 0.3) is 5.79 Å². The molecule has 36 heavy (non-hydrogen) atoms. The van der Waals surface area contributed by atoms with Crippen LogP contribution in [0, 0.1) is 0 Å². The highest BCUT2D eigenvalue weighted by Crippen LogP contribution is 2.34. The van der Waals surface area contributed by atoms with Crippen LogP contribution in [0.25, 0.3) is 11.3 Å². The molecule has 1 N–H and O–H groups in total. The average Bonchev–Trinajstić information content (AvgIpc) is 3.57. The predicted octanol–water partition coefficient (Wildman–Crippen LogP) is 3.37. The fourth-order valence-corrected chi connectivity index (χ4v) is 5.17. The summed E-state index contributed by atoms with van der Waals surface area (Å²) in [5.41, 5.74) is 1.25. The number of methoxy groups -OCH3 is 1. The van der Waals surface area contributed by atoms with E-state index in [0.29, 0.717) is 42.1 Å². The Kier molecular flexibility index (Phi) is 6.61. The number of nitrogens with one attached hydrogen (secondary N) is 1. The predicted molar refractivity (Wildman–Crippen MR) is 131 cm³/mol. The minimum Gasteiger partial charge on any atom is -0.496 e. The summed E-state index contributed by atoms with van der Waals surface area (Å²) < 4.78 is 21.8. The highest BCUT2D eigenvalue weighted by molar-refractivity contribution is 6.16. The van der Waals surface area contributed by atoms with Crippen molar-refractivity contribution in [3.05, 3.63) is 42.2 Å². The van der Waals surface area contributed by atoms with Crippen LogP contribution < -0.4 is 10.1 Å². The van der Waals surface area contributed by atoms with Crippen molar-refractivity contribution in [3.63, 3.8) is 0 Å². The van der Waals surface area contributed by atoms with E-state index in [1.807, 2.05) is 17.0 Å². The number of nitrogens with zero attached hydrogens (tertiary/aromatic N) is 3. The Labute approximate surface area is 210 Å². The van der Waals surface area contributed by atoms with Gasteiger partial charge in [-0.15, -0.1) is 0 Å². The number of cyclic esters (lactones) is 2. The maximum absolute atomic E-state index is 13.0. The van der Waals surface area contributed by atoms with Crippen molar-refractivity contribution in [1.29, 1.82) is 0 Å².